The molecule has 2 nitrogen and oxygen atoms in total. The molecule has 3 N–H and O–H groups in total. The van der Waals surface area contributed by atoms with Crippen LogP contribution >= 0.6 is 0 Å². The molecular formula is C9H17NO. The fourth-order valence-electron chi connectivity index (χ4n) is 2.81. The number of nitrogens with two attached hydrogens (primary N) is 1. The summed E-state index contributed by atoms with van der Waals surface area (Å²) in [5.74, 6) is 2.38. The molecule has 0 aliphatic heterocycles. The van der Waals surface area contributed by atoms with E-state index >= 15 is 0 Å². The molecule has 0 saturated heterocycles. The summed E-state index contributed by atoms with van der Waals surface area (Å²) < 4.78 is 0. The highest BCUT2D eigenvalue weighted by Gasteiger charge is 2.55. The standard InChI is InChI=1S/C9H17NO/c10-5-4-8(11)9-6-2-1-3-7(6)9/h6-9,11H,1-5,10H2. The number of hydrogen-bond donors (Lipinski definition) is 2. The van der Waals surface area contributed by atoms with Crippen molar-refractivity contribution in [2.75, 3.05) is 6.54 Å². The molecule has 2 fully saturated rings. The molecule has 3 unspecified atom stereocenters. The van der Waals surface area contributed by atoms with Crippen molar-refractivity contribution >= 4 is 0 Å². The first-order chi connectivity index (χ1) is 5.34. The third-order valence-electron chi connectivity index (χ3n) is 3.38. The lowest BCUT2D eigenvalue weighted by atomic mass is 10.0. The van der Waals surface area contributed by atoms with E-state index in [-0.39, 0.29) is 6.10 Å². The van der Waals surface area contributed by atoms with Crippen LogP contribution in [0.1, 0.15) is 25.7 Å². The van der Waals surface area contributed by atoms with Crippen molar-refractivity contribution in [3.63, 3.8) is 0 Å². The SMILES string of the molecule is NCCC(O)C1C2CCCC21. The predicted molar refractivity (Wildman–Crippen MR) is 44.0 cm³/mol. The topological polar surface area (TPSA) is 46.2 Å². The van der Waals surface area contributed by atoms with Crippen molar-refractivity contribution in [3.8, 4) is 0 Å². The lowest BCUT2D eigenvalue weighted by Gasteiger charge is -2.10. The molecule has 0 bridgehead atoms. The number of fused-ring (bicyclic) bond motifs is 1. The minimum atomic E-state index is -0.0877. The first-order valence-corrected chi connectivity index (χ1v) is 4.72. The van der Waals surface area contributed by atoms with Gasteiger partial charge in [-0.15, -0.1) is 0 Å². The van der Waals surface area contributed by atoms with Gasteiger partial charge in [-0.3, -0.25) is 0 Å². The summed E-state index contributed by atoms with van der Waals surface area (Å²) in [7, 11) is 0. The maximum atomic E-state index is 9.61. The normalized spacial score (nSPS) is 43.6. The van der Waals surface area contributed by atoms with E-state index in [9.17, 15) is 5.11 Å². The Morgan fingerprint density at radius 1 is 1.36 bits per heavy atom. The maximum absolute atomic E-state index is 9.61. The van der Waals surface area contributed by atoms with Gasteiger partial charge in [0.15, 0.2) is 0 Å². The van der Waals surface area contributed by atoms with Crippen molar-refractivity contribution < 1.29 is 5.11 Å². The Balaban J connectivity index is 1.80. The summed E-state index contributed by atoms with van der Waals surface area (Å²) >= 11 is 0. The van der Waals surface area contributed by atoms with Crippen molar-refractivity contribution in [2.24, 2.45) is 23.5 Å². The molecule has 0 radical (unpaired) electrons. The molecule has 0 heterocycles. The van der Waals surface area contributed by atoms with Gasteiger partial charge in [0.2, 0.25) is 0 Å². The molecule has 2 heteroatoms. The molecular weight excluding hydrogens is 138 g/mol. The lowest BCUT2D eigenvalue weighted by Crippen LogP contribution is -2.17. The van der Waals surface area contributed by atoms with Crippen LogP contribution in [0.15, 0.2) is 0 Å². The van der Waals surface area contributed by atoms with Crippen LogP contribution in [0, 0.1) is 17.8 Å². The van der Waals surface area contributed by atoms with Crippen LogP contribution in [0.5, 0.6) is 0 Å². The lowest BCUT2D eigenvalue weighted by molar-refractivity contribution is 0.128. The van der Waals surface area contributed by atoms with Gasteiger partial charge < -0.3 is 10.8 Å². The number of hydrogen-bond acceptors (Lipinski definition) is 2. The molecule has 2 saturated carbocycles. The van der Waals surface area contributed by atoms with Crippen LogP contribution < -0.4 is 5.73 Å². The second kappa shape index (κ2) is 2.76. The van der Waals surface area contributed by atoms with E-state index in [1.807, 2.05) is 0 Å². The van der Waals surface area contributed by atoms with Crippen molar-refractivity contribution in [1.82, 2.24) is 0 Å². The van der Waals surface area contributed by atoms with Crippen molar-refractivity contribution in [2.45, 2.75) is 31.8 Å². The second-order valence-corrected chi connectivity index (χ2v) is 3.98. The summed E-state index contributed by atoms with van der Waals surface area (Å²) in [6.07, 6.45) is 4.82. The van der Waals surface area contributed by atoms with E-state index in [1.54, 1.807) is 0 Å². The highest BCUT2D eigenvalue weighted by atomic mass is 16.3. The third-order valence-corrected chi connectivity index (χ3v) is 3.38. The fraction of sp³-hybridized carbons (Fsp3) is 1.00. The van der Waals surface area contributed by atoms with E-state index in [0.29, 0.717) is 12.5 Å². The summed E-state index contributed by atoms with van der Waals surface area (Å²) in [6, 6.07) is 0. The fourth-order valence-corrected chi connectivity index (χ4v) is 2.81. The summed E-state index contributed by atoms with van der Waals surface area (Å²) in [4.78, 5) is 0. The maximum Gasteiger partial charge on any atom is 0.0585 e. The summed E-state index contributed by atoms with van der Waals surface area (Å²) in [6.45, 7) is 0.636. The molecule has 0 amide bonds. The quantitative estimate of drug-likeness (QED) is 0.631. The highest BCUT2D eigenvalue weighted by molar-refractivity contribution is 5.03. The third kappa shape index (κ3) is 1.18. The Labute approximate surface area is 67.8 Å². The molecule has 0 aromatic heterocycles. The van der Waals surface area contributed by atoms with Crippen LogP contribution in [0.3, 0.4) is 0 Å². The zero-order valence-corrected chi connectivity index (χ0v) is 6.87. The van der Waals surface area contributed by atoms with Crippen LogP contribution in [0.4, 0.5) is 0 Å². The van der Waals surface area contributed by atoms with Gasteiger partial charge >= 0.3 is 0 Å². The molecule has 3 atom stereocenters. The van der Waals surface area contributed by atoms with Gasteiger partial charge in [0.05, 0.1) is 6.10 Å². The molecule has 2 rings (SSSR count). The van der Waals surface area contributed by atoms with Gasteiger partial charge in [-0.1, -0.05) is 6.42 Å². The van der Waals surface area contributed by atoms with Crippen molar-refractivity contribution in [3.05, 3.63) is 0 Å². The van der Waals surface area contributed by atoms with Gasteiger partial charge in [-0.05, 0) is 43.6 Å². The van der Waals surface area contributed by atoms with Gasteiger partial charge in [0.25, 0.3) is 0 Å². The van der Waals surface area contributed by atoms with Gasteiger partial charge in [-0.25, -0.2) is 0 Å². The number of rotatable bonds is 3. The van der Waals surface area contributed by atoms with Gasteiger partial charge in [0, 0.05) is 0 Å². The Bertz CT molecular complexity index is 138. The molecule has 2 aliphatic carbocycles. The Hall–Kier alpha value is -0.0800. The van der Waals surface area contributed by atoms with Crippen LogP contribution in [0.2, 0.25) is 0 Å². The Morgan fingerprint density at radius 2 is 2.00 bits per heavy atom. The van der Waals surface area contributed by atoms with E-state index in [0.717, 1.165) is 18.3 Å². The summed E-state index contributed by atoms with van der Waals surface area (Å²) in [5, 5.41) is 9.61. The van der Waals surface area contributed by atoms with Gasteiger partial charge in [0.1, 0.15) is 0 Å². The summed E-state index contributed by atoms with van der Waals surface area (Å²) in [5.41, 5.74) is 5.39. The van der Waals surface area contributed by atoms with Crippen LogP contribution in [0.25, 0.3) is 0 Å². The molecule has 11 heavy (non-hydrogen) atoms. The molecule has 0 aromatic rings. The van der Waals surface area contributed by atoms with Crippen molar-refractivity contribution in [1.29, 1.82) is 0 Å². The zero-order chi connectivity index (χ0) is 7.84. The number of aliphatic hydroxyl groups is 1. The van der Waals surface area contributed by atoms with Crippen LogP contribution in [-0.2, 0) is 0 Å². The van der Waals surface area contributed by atoms with Gasteiger partial charge in [-0.2, -0.15) is 0 Å². The average molecular weight is 155 g/mol. The predicted octanol–water partition coefficient (Wildman–Crippen LogP) is 0.742. The van der Waals surface area contributed by atoms with E-state index in [2.05, 4.69) is 0 Å². The first-order valence-electron chi connectivity index (χ1n) is 4.72. The molecule has 0 spiro atoms. The van der Waals surface area contributed by atoms with Crippen LogP contribution in [-0.4, -0.2) is 17.8 Å². The van der Waals surface area contributed by atoms with E-state index < -0.39 is 0 Å². The smallest absolute Gasteiger partial charge is 0.0585 e. The van der Waals surface area contributed by atoms with E-state index in [1.165, 1.54) is 19.3 Å². The minimum Gasteiger partial charge on any atom is -0.393 e. The largest absolute Gasteiger partial charge is 0.393 e. The minimum absolute atomic E-state index is 0.0877. The molecule has 64 valence electrons. The zero-order valence-electron chi connectivity index (χ0n) is 6.87. The Morgan fingerprint density at radius 3 is 2.55 bits per heavy atom. The highest BCUT2D eigenvalue weighted by Crippen LogP contribution is 2.59. The Kier molecular flexibility index (Phi) is 1.90. The first kappa shape index (κ1) is 7.56. The average Bonchev–Trinajstić information content (AvgIpc) is 2.47. The number of aliphatic hydroxyl groups excluding tert-OH is 1. The van der Waals surface area contributed by atoms with E-state index in [4.69, 9.17) is 5.73 Å². The monoisotopic (exact) mass is 155 g/mol. The molecule has 2 aliphatic rings. The molecule has 0 aromatic carbocycles. The second-order valence-electron chi connectivity index (χ2n) is 3.98.